The highest BCUT2D eigenvalue weighted by atomic mass is 35.5. The molecule has 0 spiro atoms. The molecule has 1 aliphatic rings. The zero-order valence-electron chi connectivity index (χ0n) is 16.2. The van der Waals surface area contributed by atoms with Gasteiger partial charge in [-0.15, -0.1) is 12.4 Å². The predicted molar refractivity (Wildman–Crippen MR) is 116 cm³/mol. The Hall–Kier alpha value is -2.96. The lowest BCUT2D eigenvalue weighted by molar-refractivity contribution is 0.500. The summed E-state index contributed by atoms with van der Waals surface area (Å²) in [6.45, 7) is 1.74. The molecule has 5 rings (SSSR count). The van der Waals surface area contributed by atoms with Gasteiger partial charge in [0.1, 0.15) is 17.2 Å². The Balaban J connectivity index is 0.00000218. The smallest absolute Gasteiger partial charge is 0.255 e. The van der Waals surface area contributed by atoms with Crippen LogP contribution in [0.5, 0.6) is 0 Å². The number of nitrogens with one attached hydrogen (secondary N) is 1. The van der Waals surface area contributed by atoms with Gasteiger partial charge in [-0.1, -0.05) is 0 Å². The number of halogens is 2. The summed E-state index contributed by atoms with van der Waals surface area (Å²) in [5, 5.41) is 4.47. The molecule has 30 heavy (non-hydrogen) atoms. The number of nitrogens with zero attached hydrogens (tertiary/aromatic N) is 2. The van der Waals surface area contributed by atoms with Crippen molar-refractivity contribution in [3.8, 4) is 5.69 Å². The Morgan fingerprint density at radius 3 is 2.83 bits per heavy atom. The first-order chi connectivity index (χ1) is 14.2. The maximum absolute atomic E-state index is 13.0. The zero-order chi connectivity index (χ0) is 19.8. The van der Waals surface area contributed by atoms with Crippen LogP contribution >= 0.6 is 12.4 Å². The summed E-state index contributed by atoms with van der Waals surface area (Å²) in [5.41, 5.74) is 4.46. The molecular formula is C23H21ClFN3O2. The number of aryl methyl sites for hydroxylation is 2. The minimum absolute atomic E-state index is 0. The second-order valence-corrected chi connectivity index (χ2v) is 7.32. The Morgan fingerprint density at radius 1 is 1.13 bits per heavy atom. The Kier molecular flexibility index (Phi) is 5.70. The van der Waals surface area contributed by atoms with E-state index in [-0.39, 0.29) is 23.8 Å². The lowest BCUT2D eigenvalue weighted by Crippen LogP contribution is -2.22. The van der Waals surface area contributed by atoms with E-state index in [1.165, 1.54) is 17.8 Å². The first-order valence-corrected chi connectivity index (χ1v) is 9.75. The van der Waals surface area contributed by atoms with Gasteiger partial charge < -0.3 is 9.73 Å². The third kappa shape index (κ3) is 3.88. The van der Waals surface area contributed by atoms with E-state index < -0.39 is 0 Å². The molecule has 7 heteroatoms. The summed E-state index contributed by atoms with van der Waals surface area (Å²) >= 11 is 0. The van der Waals surface area contributed by atoms with E-state index >= 15 is 0 Å². The molecule has 1 N–H and O–H groups in total. The fourth-order valence-corrected chi connectivity index (χ4v) is 3.87. The fourth-order valence-electron chi connectivity index (χ4n) is 3.87. The molecule has 0 radical (unpaired) electrons. The van der Waals surface area contributed by atoms with Crippen molar-refractivity contribution in [1.29, 1.82) is 0 Å². The summed E-state index contributed by atoms with van der Waals surface area (Å²) in [5.74, 6) is 0.690. The normalized spacial score (nSPS) is 13.1. The number of aromatic nitrogens is 2. The van der Waals surface area contributed by atoms with Crippen molar-refractivity contribution < 1.29 is 8.81 Å². The van der Waals surface area contributed by atoms with E-state index in [9.17, 15) is 9.18 Å². The molecular weight excluding hydrogens is 405 g/mol. The number of furan rings is 1. The van der Waals surface area contributed by atoms with E-state index in [0.29, 0.717) is 12.8 Å². The van der Waals surface area contributed by atoms with Crippen LogP contribution in [0.1, 0.15) is 22.6 Å². The third-order valence-electron chi connectivity index (χ3n) is 5.41. The van der Waals surface area contributed by atoms with Gasteiger partial charge >= 0.3 is 0 Å². The number of hydrogen-bond acceptors (Lipinski definition) is 4. The van der Waals surface area contributed by atoms with Gasteiger partial charge in [0, 0.05) is 54.5 Å². The molecule has 154 valence electrons. The molecule has 0 aliphatic carbocycles. The van der Waals surface area contributed by atoms with Gasteiger partial charge in [0.2, 0.25) is 0 Å². The van der Waals surface area contributed by atoms with Gasteiger partial charge in [0.15, 0.2) is 0 Å². The van der Waals surface area contributed by atoms with Crippen LogP contribution in [0, 0.1) is 5.82 Å². The summed E-state index contributed by atoms with van der Waals surface area (Å²) in [7, 11) is 0. The molecule has 0 fully saturated rings. The molecule has 0 amide bonds. The predicted octanol–water partition coefficient (Wildman–Crippen LogP) is 3.97. The maximum atomic E-state index is 13.0. The number of hydrogen-bond donors (Lipinski definition) is 1. The fraction of sp³-hybridized carbons (Fsp3) is 0.217. The topological polar surface area (TPSA) is 60.1 Å². The zero-order valence-corrected chi connectivity index (χ0v) is 17.0. The van der Waals surface area contributed by atoms with Crippen LogP contribution in [0.4, 0.5) is 4.39 Å². The molecule has 0 saturated heterocycles. The van der Waals surface area contributed by atoms with Crippen LogP contribution in [-0.4, -0.2) is 16.1 Å². The molecule has 0 atom stereocenters. The first-order valence-electron chi connectivity index (χ1n) is 9.75. The standard InChI is InChI=1S/C23H20FN3O2.ClH/c24-16-2-4-17(26-13-16)3-1-15-8-10-27(23(28)11-15)18-5-6-19-20-14-25-9-7-21(20)29-22(19)12-18;/h2,4-6,8,10-13,25H,1,3,7,9,14H2;1H. The second-order valence-electron chi connectivity index (χ2n) is 7.32. The monoisotopic (exact) mass is 425 g/mol. The summed E-state index contributed by atoms with van der Waals surface area (Å²) in [6.07, 6.45) is 5.22. The van der Waals surface area contributed by atoms with Crippen LogP contribution < -0.4 is 10.9 Å². The van der Waals surface area contributed by atoms with Crippen molar-refractivity contribution in [1.82, 2.24) is 14.9 Å². The molecule has 4 heterocycles. The molecule has 0 bridgehead atoms. The highest BCUT2D eigenvalue weighted by molar-refractivity contribution is 5.85. The van der Waals surface area contributed by atoms with Crippen molar-refractivity contribution in [3.05, 3.63) is 93.6 Å². The minimum atomic E-state index is -0.345. The van der Waals surface area contributed by atoms with Crippen LogP contribution in [0.3, 0.4) is 0 Å². The van der Waals surface area contributed by atoms with Gasteiger partial charge in [-0.3, -0.25) is 14.3 Å². The molecule has 1 aromatic carbocycles. The summed E-state index contributed by atoms with van der Waals surface area (Å²) in [6, 6.07) is 12.6. The van der Waals surface area contributed by atoms with Gasteiger partial charge in [0.25, 0.3) is 5.56 Å². The lowest BCUT2D eigenvalue weighted by atomic mass is 10.1. The number of rotatable bonds is 4. The molecule has 3 aromatic heterocycles. The number of pyridine rings is 2. The lowest BCUT2D eigenvalue weighted by Gasteiger charge is -2.10. The Labute approximate surface area is 179 Å². The average molecular weight is 426 g/mol. The number of fused-ring (bicyclic) bond motifs is 3. The van der Waals surface area contributed by atoms with E-state index in [0.717, 1.165) is 53.2 Å². The summed E-state index contributed by atoms with van der Waals surface area (Å²) in [4.78, 5) is 16.7. The van der Waals surface area contributed by atoms with Gasteiger partial charge in [-0.2, -0.15) is 0 Å². The van der Waals surface area contributed by atoms with Crippen molar-refractivity contribution in [2.45, 2.75) is 25.8 Å². The maximum Gasteiger partial charge on any atom is 0.255 e. The van der Waals surface area contributed by atoms with Gasteiger partial charge in [0.05, 0.1) is 11.9 Å². The first kappa shape index (κ1) is 20.3. The highest BCUT2D eigenvalue weighted by Gasteiger charge is 2.17. The van der Waals surface area contributed by atoms with Crippen LogP contribution in [0.15, 0.2) is 64.1 Å². The Bertz CT molecular complexity index is 1250. The van der Waals surface area contributed by atoms with E-state index in [4.69, 9.17) is 4.42 Å². The van der Waals surface area contributed by atoms with E-state index in [1.807, 2.05) is 24.3 Å². The molecule has 1 aliphatic heterocycles. The van der Waals surface area contributed by atoms with Crippen molar-refractivity contribution >= 4 is 23.4 Å². The van der Waals surface area contributed by atoms with E-state index in [1.54, 1.807) is 22.9 Å². The van der Waals surface area contributed by atoms with Crippen molar-refractivity contribution in [2.24, 2.45) is 0 Å². The molecule has 4 aromatic rings. The van der Waals surface area contributed by atoms with Crippen molar-refractivity contribution in [3.63, 3.8) is 0 Å². The largest absolute Gasteiger partial charge is 0.461 e. The third-order valence-corrected chi connectivity index (χ3v) is 5.41. The SMILES string of the molecule is Cl.O=c1cc(CCc2ccc(F)cn2)ccn1-c1ccc2c3c(oc2c1)CCNC3. The number of benzene rings is 1. The van der Waals surface area contributed by atoms with Gasteiger partial charge in [-0.05, 0) is 48.7 Å². The molecule has 5 nitrogen and oxygen atoms in total. The summed E-state index contributed by atoms with van der Waals surface area (Å²) < 4.78 is 20.6. The molecule has 0 saturated carbocycles. The van der Waals surface area contributed by atoms with Gasteiger partial charge in [-0.25, -0.2) is 4.39 Å². The van der Waals surface area contributed by atoms with Crippen LogP contribution in [-0.2, 0) is 25.8 Å². The van der Waals surface area contributed by atoms with Crippen LogP contribution in [0.25, 0.3) is 16.7 Å². The quantitative estimate of drug-likeness (QED) is 0.537. The molecule has 0 unspecified atom stereocenters. The second kappa shape index (κ2) is 8.42. The Morgan fingerprint density at radius 2 is 2.03 bits per heavy atom. The minimum Gasteiger partial charge on any atom is -0.461 e. The highest BCUT2D eigenvalue weighted by Crippen LogP contribution is 2.29. The van der Waals surface area contributed by atoms with E-state index in [2.05, 4.69) is 10.3 Å². The van der Waals surface area contributed by atoms with Crippen LogP contribution in [0.2, 0.25) is 0 Å². The average Bonchev–Trinajstić information content (AvgIpc) is 3.11. The van der Waals surface area contributed by atoms with Crippen molar-refractivity contribution in [2.75, 3.05) is 6.54 Å².